The van der Waals surface area contributed by atoms with Gasteiger partial charge in [-0.05, 0) is 66.6 Å². The number of benzene rings is 2. The molecule has 0 N–H and O–H groups in total. The third-order valence-corrected chi connectivity index (χ3v) is 5.21. The van der Waals surface area contributed by atoms with Gasteiger partial charge in [0.15, 0.2) is 0 Å². The van der Waals surface area contributed by atoms with E-state index in [9.17, 15) is 22.8 Å². The minimum atomic E-state index is -4.48. The molecule has 0 aliphatic carbocycles. The largest absolute Gasteiger partial charge is 0.491 e. The minimum Gasteiger partial charge on any atom is -0.491 e. The van der Waals surface area contributed by atoms with E-state index >= 15 is 0 Å². The maximum atomic E-state index is 12.8. The van der Waals surface area contributed by atoms with E-state index in [1.54, 1.807) is 0 Å². The van der Waals surface area contributed by atoms with Crippen LogP contribution in [0.2, 0.25) is 0 Å². The van der Waals surface area contributed by atoms with Crippen molar-refractivity contribution in [2.24, 2.45) is 0 Å². The van der Waals surface area contributed by atoms with Crippen molar-refractivity contribution in [2.75, 3.05) is 13.2 Å². The Balaban J connectivity index is 1.68. The van der Waals surface area contributed by atoms with Crippen LogP contribution in [0.25, 0.3) is 6.08 Å². The molecule has 0 atom stereocenters. The number of rotatable bonds is 5. The number of alkyl halides is 3. The molecule has 152 valence electrons. The third kappa shape index (κ3) is 5.00. The van der Waals surface area contributed by atoms with Crippen LogP contribution < -0.4 is 4.74 Å². The number of ether oxygens (including phenoxy) is 1. The Hall–Kier alpha value is -2.74. The zero-order chi connectivity index (χ0) is 21.2. The van der Waals surface area contributed by atoms with Gasteiger partial charge in [-0.3, -0.25) is 14.5 Å². The molecule has 2 aromatic carbocycles. The molecule has 0 saturated carbocycles. The lowest BCUT2D eigenvalue weighted by Crippen LogP contribution is -2.32. The Morgan fingerprint density at radius 3 is 2.59 bits per heavy atom. The topological polar surface area (TPSA) is 46.6 Å². The highest BCUT2D eigenvalue weighted by molar-refractivity contribution is 8.18. The van der Waals surface area contributed by atoms with Gasteiger partial charge in [0, 0.05) is 0 Å². The van der Waals surface area contributed by atoms with Crippen LogP contribution in [0.1, 0.15) is 22.3 Å². The number of halogens is 3. The summed E-state index contributed by atoms with van der Waals surface area (Å²) in [6.07, 6.45) is -3.18. The lowest BCUT2D eigenvalue weighted by molar-refractivity contribution is -0.137. The van der Waals surface area contributed by atoms with Crippen LogP contribution in [-0.2, 0) is 11.0 Å². The number of carbonyl (C=O) groups excluding carboxylic acids is 2. The molecule has 8 heteroatoms. The van der Waals surface area contributed by atoms with Crippen LogP contribution in [0.15, 0.2) is 47.4 Å². The molecule has 0 bridgehead atoms. The number of thioether (sulfide) groups is 1. The van der Waals surface area contributed by atoms with Gasteiger partial charge in [0.2, 0.25) is 0 Å². The summed E-state index contributed by atoms with van der Waals surface area (Å²) in [5.41, 5.74) is 1.36. The first-order valence-electron chi connectivity index (χ1n) is 8.78. The van der Waals surface area contributed by atoms with Gasteiger partial charge in [0.05, 0.1) is 17.0 Å². The molecule has 0 unspecified atom stereocenters. The minimum absolute atomic E-state index is 0.0536. The van der Waals surface area contributed by atoms with Crippen LogP contribution in [0, 0.1) is 13.8 Å². The molecule has 1 aliphatic rings. The predicted molar refractivity (Wildman–Crippen MR) is 106 cm³/mol. The average Bonchev–Trinajstić information content (AvgIpc) is 2.91. The van der Waals surface area contributed by atoms with E-state index in [1.165, 1.54) is 18.2 Å². The normalized spacial score (nSPS) is 16.0. The smallest absolute Gasteiger partial charge is 0.416 e. The van der Waals surface area contributed by atoms with E-state index in [1.807, 2.05) is 32.0 Å². The van der Waals surface area contributed by atoms with E-state index in [0.29, 0.717) is 17.5 Å². The Morgan fingerprint density at radius 2 is 1.86 bits per heavy atom. The second-order valence-corrected chi connectivity index (χ2v) is 7.57. The number of hydrogen-bond donors (Lipinski definition) is 0. The molecular weight excluding hydrogens is 403 g/mol. The van der Waals surface area contributed by atoms with E-state index in [4.69, 9.17) is 4.74 Å². The van der Waals surface area contributed by atoms with E-state index in [-0.39, 0.29) is 23.6 Å². The summed E-state index contributed by atoms with van der Waals surface area (Å²) in [5.74, 6) is 0.137. The van der Waals surface area contributed by atoms with Crippen molar-refractivity contribution in [3.63, 3.8) is 0 Å². The third-order valence-electron chi connectivity index (χ3n) is 4.30. The number of hydrogen-bond acceptors (Lipinski definition) is 4. The highest BCUT2D eigenvalue weighted by Gasteiger charge is 2.35. The highest BCUT2D eigenvalue weighted by atomic mass is 32.2. The molecule has 0 spiro atoms. The Kier molecular flexibility index (Phi) is 6.02. The summed E-state index contributed by atoms with van der Waals surface area (Å²) < 4.78 is 44.2. The van der Waals surface area contributed by atoms with E-state index in [2.05, 4.69) is 0 Å². The predicted octanol–water partition coefficient (Wildman–Crippen LogP) is 5.44. The Morgan fingerprint density at radius 1 is 1.10 bits per heavy atom. The molecule has 3 rings (SSSR count). The summed E-state index contributed by atoms with van der Waals surface area (Å²) in [5, 5.41) is -0.474. The summed E-state index contributed by atoms with van der Waals surface area (Å²) in [4.78, 5) is 25.8. The molecule has 4 nitrogen and oxygen atoms in total. The van der Waals surface area contributed by atoms with Gasteiger partial charge in [-0.15, -0.1) is 0 Å². The van der Waals surface area contributed by atoms with Crippen molar-refractivity contribution in [2.45, 2.75) is 20.0 Å². The number of carbonyl (C=O) groups is 2. The average molecular weight is 421 g/mol. The fourth-order valence-corrected chi connectivity index (χ4v) is 3.62. The van der Waals surface area contributed by atoms with Crippen LogP contribution in [-0.4, -0.2) is 29.2 Å². The van der Waals surface area contributed by atoms with Gasteiger partial charge in [0.1, 0.15) is 12.4 Å². The zero-order valence-corrected chi connectivity index (χ0v) is 16.6. The molecule has 2 amide bonds. The Labute approximate surface area is 170 Å². The first kappa shape index (κ1) is 21.0. The summed E-state index contributed by atoms with van der Waals surface area (Å²) >= 11 is 0.704. The quantitative estimate of drug-likeness (QED) is 0.604. The van der Waals surface area contributed by atoms with Crippen molar-refractivity contribution in [1.82, 2.24) is 4.90 Å². The van der Waals surface area contributed by atoms with Gasteiger partial charge in [-0.1, -0.05) is 24.3 Å². The number of imide groups is 1. The maximum absolute atomic E-state index is 12.8. The van der Waals surface area contributed by atoms with Crippen LogP contribution >= 0.6 is 11.8 Å². The van der Waals surface area contributed by atoms with E-state index < -0.39 is 22.9 Å². The molecule has 29 heavy (non-hydrogen) atoms. The lowest BCUT2D eigenvalue weighted by Gasteiger charge is -2.14. The van der Waals surface area contributed by atoms with Gasteiger partial charge in [0.25, 0.3) is 11.1 Å². The maximum Gasteiger partial charge on any atom is 0.416 e. The van der Waals surface area contributed by atoms with Crippen LogP contribution in [0.4, 0.5) is 18.0 Å². The standard InChI is InChI=1S/C21H18F3NO3S/c1-13-6-7-14(2)17(10-13)28-9-8-25-19(26)18(29-20(25)27)12-15-4-3-5-16(11-15)21(22,23)24/h3-7,10-12H,8-9H2,1-2H3/b18-12-. The van der Waals surface area contributed by atoms with Crippen molar-refractivity contribution in [3.05, 3.63) is 69.6 Å². The van der Waals surface area contributed by atoms with Gasteiger partial charge in [-0.2, -0.15) is 13.2 Å². The molecule has 1 fully saturated rings. The molecule has 0 aromatic heterocycles. The number of amides is 2. The van der Waals surface area contributed by atoms with Crippen LogP contribution in [0.5, 0.6) is 5.75 Å². The first-order valence-corrected chi connectivity index (χ1v) is 9.59. The van der Waals surface area contributed by atoms with E-state index in [0.717, 1.165) is 28.2 Å². The Bertz CT molecular complexity index is 985. The summed E-state index contributed by atoms with van der Waals surface area (Å²) in [7, 11) is 0. The second kappa shape index (κ2) is 8.32. The molecular formula is C21H18F3NO3S. The highest BCUT2D eigenvalue weighted by Crippen LogP contribution is 2.34. The zero-order valence-electron chi connectivity index (χ0n) is 15.7. The molecule has 1 heterocycles. The van der Waals surface area contributed by atoms with Gasteiger partial charge < -0.3 is 4.74 Å². The fraction of sp³-hybridized carbons (Fsp3) is 0.238. The van der Waals surface area contributed by atoms with Crippen molar-refractivity contribution < 1.29 is 27.5 Å². The van der Waals surface area contributed by atoms with Crippen molar-refractivity contribution >= 4 is 29.0 Å². The number of nitrogens with zero attached hydrogens (tertiary/aromatic N) is 1. The molecule has 2 aromatic rings. The molecule has 1 aliphatic heterocycles. The summed E-state index contributed by atoms with van der Waals surface area (Å²) in [6.45, 7) is 4.01. The molecule has 0 radical (unpaired) electrons. The number of aryl methyl sites for hydroxylation is 2. The lowest BCUT2D eigenvalue weighted by atomic mass is 10.1. The van der Waals surface area contributed by atoms with Crippen molar-refractivity contribution in [3.8, 4) is 5.75 Å². The van der Waals surface area contributed by atoms with Crippen molar-refractivity contribution in [1.29, 1.82) is 0 Å². The SMILES string of the molecule is Cc1ccc(C)c(OCCN2C(=O)S/C(=C\c3cccc(C(F)(F)F)c3)C2=O)c1. The monoisotopic (exact) mass is 421 g/mol. The summed E-state index contributed by atoms with van der Waals surface area (Å²) in [6, 6.07) is 10.4. The van der Waals surface area contributed by atoms with Gasteiger partial charge >= 0.3 is 6.18 Å². The van der Waals surface area contributed by atoms with Gasteiger partial charge in [-0.25, -0.2) is 0 Å². The molecule has 1 saturated heterocycles. The van der Waals surface area contributed by atoms with Crippen LogP contribution in [0.3, 0.4) is 0 Å². The fourth-order valence-electron chi connectivity index (χ4n) is 2.76. The first-order chi connectivity index (χ1) is 13.6. The second-order valence-electron chi connectivity index (χ2n) is 6.57.